The fourth-order valence-corrected chi connectivity index (χ4v) is 2.76. The third kappa shape index (κ3) is 2.99. The van der Waals surface area contributed by atoms with E-state index in [1.807, 2.05) is 24.3 Å². The van der Waals surface area contributed by atoms with E-state index in [2.05, 4.69) is 20.5 Å². The van der Waals surface area contributed by atoms with E-state index in [1.54, 1.807) is 24.4 Å². The van der Waals surface area contributed by atoms with Gasteiger partial charge in [0.2, 0.25) is 0 Å². The van der Waals surface area contributed by atoms with Gasteiger partial charge in [0.15, 0.2) is 12.2 Å². The Kier molecular flexibility index (Phi) is 3.95. The van der Waals surface area contributed by atoms with Gasteiger partial charge in [-0.15, -0.1) is 0 Å². The van der Waals surface area contributed by atoms with Crippen LogP contribution in [0.4, 0.5) is 0 Å². The van der Waals surface area contributed by atoms with E-state index >= 15 is 0 Å². The maximum atomic E-state index is 12.6. The van der Waals surface area contributed by atoms with Crippen LogP contribution < -0.4 is 5.32 Å². The number of aromatic nitrogens is 3. The fraction of sp³-hybridized carbons (Fsp3) is 0.0556. The number of rotatable bonds is 4. The maximum absolute atomic E-state index is 12.6. The Bertz CT molecular complexity index is 1020. The van der Waals surface area contributed by atoms with Crippen molar-refractivity contribution < 1.29 is 9.21 Å². The number of hydrogen-bond donors (Lipinski definition) is 2. The number of hydrogen-bond acceptors (Lipinski definition) is 4. The van der Waals surface area contributed by atoms with Crippen LogP contribution in [0.25, 0.3) is 22.4 Å². The molecule has 0 atom stereocenters. The van der Waals surface area contributed by atoms with E-state index in [4.69, 9.17) is 16.0 Å². The Balaban J connectivity index is 1.60. The molecule has 6 nitrogen and oxygen atoms in total. The van der Waals surface area contributed by atoms with Gasteiger partial charge in [-0.25, -0.2) is 4.98 Å². The van der Waals surface area contributed by atoms with Crippen molar-refractivity contribution in [3.63, 3.8) is 0 Å². The first kappa shape index (κ1) is 15.4. The first-order valence-corrected chi connectivity index (χ1v) is 7.99. The van der Waals surface area contributed by atoms with Gasteiger partial charge in [-0.05, 0) is 23.8 Å². The number of benzene rings is 2. The number of nitrogens with one attached hydrogen (secondary N) is 2. The number of aromatic amines is 1. The Morgan fingerprint density at radius 3 is 2.80 bits per heavy atom. The first-order chi connectivity index (χ1) is 12.2. The van der Waals surface area contributed by atoms with E-state index in [0.717, 1.165) is 10.9 Å². The lowest BCUT2D eigenvalue weighted by Crippen LogP contribution is -2.23. The van der Waals surface area contributed by atoms with E-state index in [0.29, 0.717) is 34.1 Å². The summed E-state index contributed by atoms with van der Waals surface area (Å²) in [5, 5.41) is 11.5. The third-order valence-electron chi connectivity index (χ3n) is 3.88. The van der Waals surface area contributed by atoms with Crippen molar-refractivity contribution in [2.75, 3.05) is 0 Å². The molecule has 0 bridgehead atoms. The molecule has 2 N–H and O–H groups in total. The van der Waals surface area contributed by atoms with E-state index in [9.17, 15) is 4.79 Å². The van der Waals surface area contributed by atoms with Crippen LogP contribution in [-0.4, -0.2) is 21.1 Å². The van der Waals surface area contributed by atoms with Crippen LogP contribution in [0.5, 0.6) is 0 Å². The van der Waals surface area contributed by atoms with Crippen molar-refractivity contribution in [3.05, 3.63) is 71.2 Å². The molecule has 0 spiro atoms. The Labute approximate surface area is 147 Å². The van der Waals surface area contributed by atoms with Crippen molar-refractivity contribution in [1.29, 1.82) is 0 Å². The normalized spacial score (nSPS) is 10.9. The lowest BCUT2D eigenvalue weighted by molar-refractivity contribution is 0.0952. The topological polar surface area (TPSA) is 83.8 Å². The highest BCUT2D eigenvalue weighted by molar-refractivity contribution is 6.30. The average Bonchev–Trinajstić information content (AvgIpc) is 3.29. The van der Waals surface area contributed by atoms with Gasteiger partial charge in [0.25, 0.3) is 5.91 Å². The molecule has 4 rings (SSSR count). The van der Waals surface area contributed by atoms with Gasteiger partial charge < -0.3 is 9.73 Å². The van der Waals surface area contributed by atoms with E-state index < -0.39 is 0 Å². The van der Waals surface area contributed by atoms with Gasteiger partial charge in [0.1, 0.15) is 5.69 Å². The molecule has 2 heterocycles. The maximum Gasteiger partial charge on any atom is 0.253 e. The highest BCUT2D eigenvalue weighted by Crippen LogP contribution is 2.27. The predicted octanol–water partition coefficient (Wildman–Crippen LogP) is 3.80. The molecule has 0 radical (unpaired) electrons. The first-order valence-electron chi connectivity index (χ1n) is 7.61. The van der Waals surface area contributed by atoms with Crippen molar-refractivity contribution >= 4 is 28.4 Å². The van der Waals surface area contributed by atoms with Crippen molar-refractivity contribution in [2.45, 2.75) is 6.54 Å². The number of oxazole rings is 1. The number of halogens is 1. The third-order valence-corrected chi connectivity index (χ3v) is 4.13. The smallest absolute Gasteiger partial charge is 0.253 e. The van der Waals surface area contributed by atoms with Crippen LogP contribution in [0.2, 0.25) is 5.02 Å². The van der Waals surface area contributed by atoms with E-state index in [-0.39, 0.29) is 5.91 Å². The predicted molar refractivity (Wildman–Crippen MR) is 94.2 cm³/mol. The minimum atomic E-state index is -0.187. The summed E-state index contributed by atoms with van der Waals surface area (Å²) < 4.78 is 5.30. The number of para-hydroxylation sites is 1. The summed E-state index contributed by atoms with van der Waals surface area (Å²) in [6.07, 6.45) is 2.93. The summed E-state index contributed by atoms with van der Waals surface area (Å²) in [6.45, 7) is 0.412. The summed E-state index contributed by atoms with van der Waals surface area (Å²) in [7, 11) is 0. The monoisotopic (exact) mass is 352 g/mol. The molecule has 2 aromatic carbocycles. The summed E-state index contributed by atoms with van der Waals surface area (Å²) in [4.78, 5) is 16.5. The number of amides is 1. The minimum absolute atomic E-state index is 0.187. The number of nitrogens with zero attached hydrogens (tertiary/aromatic N) is 2. The Hall–Kier alpha value is -3.12. The molecule has 25 heavy (non-hydrogen) atoms. The van der Waals surface area contributed by atoms with Crippen LogP contribution in [0, 0.1) is 0 Å². The molecular formula is C18H13ClN4O2. The Morgan fingerprint density at radius 2 is 2.04 bits per heavy atom. The Morgan fingerprint density at radius 1 is 1.20 bits per heavy atom. The highest BCUT2D eigenvalue weighted by atomic mass is 35.5. The second-order valence-corrected chi connectivity index (χ2v) is 5.91. The number of carbonyl (C=O) groups excluding carboxylic acids is 1. The molecule has 2 aromatic heterocycles. The molecule has 1 amide bonds. The molecule has 0 fully saturated rings. The number of H-pyrrole nitrogens is 1. The summed E-state index contributed by atoms with van der Waals surface area (Å²) in [5.41, 5.74) is 2.77. The second-order valence-electron chi connectivity index (χ2n) is 5.48. The molecule has 0 aliphatic heterocycles. The van der Waals surface area contributed by atoms with Gasteiger partial charge in [-0.2, -0.15) is 5.10 Å². The van der Waals surface area contributed by atoms with Crippen LogP contribution in [-0.2, 0) is 6.54 Å². The van der Waals surface area contributed by atoms with Crippen LogP contribution in [0.1, 0.15) is 15.9 Å². The lowest BCUT2D eigenvalue weighted by Gasteiger charge is -2.06. The summed E-state index contributed by atoms with van der Waals surface area (Å²) >= 11 is 5.87. The molecule has 7 heteroatoms. The molecule has 0 saturated heterocycles. The van der Waals surface area contributed by atoms with Gasteiger partial charge in [-0.3, -0.25) is 9.89 Å². The number of carbonyl (C=O) groups is 1. The fourth-order valence-electron chi connectivity index (χ4n) is 2.63. The molecule has 0 saturated carbocycles. The van der Waals surface area contributed by atoms with Crippen molar-refractivity contribution in [3.8, 4) is 11.5 Å². The van der Waals surface area contributed by atoms with Gasteiger partial charge in [0, 0.05) is 17.0 Å². The molecule has 0 aliphatic rings. The van der Waals surface area contributed by atoms with Crippen molar-refractivity contribution in [2.24, 2.45) is 0 Å². The van der Waals surface area contributed by atoms with Crippen molar-refractivity contribution in [1.82, 2.24) is 20.5 Å². The molecule has 124 valence electrons. The molecule has 0 unspecified atom stereocenters. The SMILES string of the molecule is O=C(NCc1ccc(Cl)cc1)c1cccc2c(-c3cnco3)n[nH]c12. The highest BCUT2D eigenvalue weighted by Gasteiger charge is 2.16. The zero-order valence-electron chi connectivity index (χ0n) is 13.0. The summed E-state index contributed by atoms with van der Waals surface area (Å²) in [6, 6.07) is 12.8. The molecule has 0 aliphatic carbocycles. The average molecular weight is 353 g/mol. The van der Waals surface area contributed by atoms with Crippen LogP contribution >= 0.6 is 11.6 Å². The lowest BCUT2D eigenvalue weighted by atomic mass is 10.1. The molecule has 4 aromatic rings. The van der Waals surface area contributed by atoms with Crippen LogP contribution in [0.3, 0.4) is 0 Å². The molecular weight excluding hydrogens is 340 g/mol. The zero-order valence-corrected chi connectivity index (χ0v) is 13.7. The van der Waals surface area contributed by atoms with Gasteiger partial charge in [-0.1, -0.05) is 35.9 Å². The van der Waals surface area contributed by atoms with E-state index in [1.165, 1.54) is 6.39 Å². The van der Waals surface area contributed by atoms with Crippen LogP contribution in [0.15, 0.2) is 59.5 Å². The van der Waals surface area contributed by atoms with Gasteiger partial charge in [0.05, 0.1) is 17.3 Å². The summed E-state index contributed by atoms with van der Waals surface area (Å²) in [5.74, 6) is 0.360. The van der Waals surface area contributed by atoms with Gasteiger partial charge >= 0.3 is 0 Å². The quantitative estimate of drug-likeness (QED) is 0.585. The second kappa shape index (κ2) is 6.41. The largest absolute Gasteiger partial charge is 0.442 e. The number of fused-ring (bicyclic) bond motifs is 1. The standard InChI is InChI=1S/C18H13ClN4O2/c19-12-6-4-11(5-7-12)8-21-18(24)14-3-1-2-13-16(14)22-23-17(13)15-9-20-10-25-15/h1-7,9-10H,8H2,(H,21,24)(H,22,23). The zero-order chi connectivity index (χ0) is 17.2. The minimum Gasteiger partial charge on any atom is -0.442 e.